The van der Waals surface area contributed by atoms with Crippen LogP contribution in [0.25, 0.3) is 6.08 Å². The molecule has 1 heteroatoms. The van der Waals surface area contributed by atoms with Gasteiger partial charge in [-0.1, -0.05) is 29.8 Å². The zero-order chi connectivity index (χ0) is 8.39. The number of benzene rings is 1. The Hall–Kier alpha value is -1.24. The van der Waals surface area contributed by atoms with Crippen LogP contribution in [0.15, 0.2) is 29.8 Å². The maximum absolute atomic E-state index is 5.23. The molecule has 1 fully saturated rings. The van der Waals surface area contributed by atoms with E-state index in [9.17, 15) is 0 Å². The van der Waals surface area contributed by atoms with Crippen LogP contribution in [0.2, 0.25) is 0 Å². The Bertz CT molecular complexity index is 307. The van der Waals surface area contributed by atoms with Gasteiger partial charge in [-0.25, -0.2) is 0 Å². The summed E-state index contributed by atoms with van der Waals surface area (Å²) in [5.41, 5.74) is 2.73. The lowest BCUT2D eigenvalue weighted by atomic mass is 10.2. The molecule has 1 aromatic carbocycles. The van der Waals surface area contributed by atoms with Crippen LogP contribution in [-0.4, -0.2) is 7.11 Å². The van der Waals surface area contributed by atoms with E-state index in [1.807, 2.05) is 18.2 Å². The first-order valence-electron chi connectivity index (χ1n) is 4.22. The molecule has 0 radical (unpaired) electrons. The predicted octanol–water partition coefficient (Wildman–Crippen LogP) is 2.87. The Morgan fingerprint density at radius 1 is 1.25 bits per heavy atom. The molecule has 12 heavy (non-hydrogen) atoms. The van der Waals surface area contributed by atoms with Crippen molar-refractivity contribution in [1.29, 1.82) is 0 Å². The molecule has 1 aliphatic rings. The summed E-state index contributed by atoms with van der Waals surface area (Å²) in [5.74, 6) is 0.969. The highest BCUT2D eigenvalue weighted by Crippen LogP contribution is 2.32. The molecule has 0 amide bonds. The molecule has 1 saturated carbocycles. The normalized spacial score (nSPS) is 14.2. The maximum Gasteiger partial charge on any atom is 0.126 e. The number of para-hydroxylation sites is 1. The third-order valence-corrected chi connectivity index (χ3v) is 2.04. The van der Waals surface area contributed by atoms with Crippen LogP contribution in [-0.2, 0) is 0 Å². The second-order valence-corrected chi connectivity index (χ2v) is 3.04. The van der Waals surface area contributed by atoms with Gasteiger partial charge in [-0.2, -0.15) is 0 Å². The number of hydrogen-bond donors (Lipinski definition) is 0. The molecule has 2 rings (SSSR count). The second-order valence-electron chi connectivity index (χ2n) is 3.04. The first kappa shape index (κ1) is 7.41. The summed E-state index contributed by atoms with van der Waals surface area (Å²) >= 11 is 0. The minimum atomic E-state index is 0.969. The van der Waals surface area contributed by atoms with E-state index >= 15 is 0 Å². The lowest BCUT2D eigenvalue weighted by Gasteiger charge is -2.02. The zero-order valence-electron chi connectivity index (χ0n) is 7.21. The Kier molecular flexibility index (Phi) is 1.86. The summed E-state index contributed by atoms with van der Waals surface area (Å²) in [5, 5.41) is 0. The Balaban J connectivity index is 2.34. The largest absolute Gasteiger partial charge is 0.496 e. The molecule has 1 nitrogen and oxygen atoms in total. The molecular weight excluding hydrogens is 148 g/mol. The van der Waals surface area contributed by atoms with Gasteiger partial charge in [-0.15, -0.1) is 0 Å². The zero-order valence-corrected chi connectivity index (χ0v) is 7.21. The van der Waals surface area contributed by atoms with E-state index in [0.29, 0.717) is 0 Å². The number of allylic oxidation sites excluding steroid dienone is 1. The van der Waals surface area contributed by atoms with Gasteiger partial charge < -0.3 is 4.74 Å². The highest BCUT2D eigenvalue weighted by molar-refractivity contribution is 5.62. The smallest absolute Gasteiger partial charge is 0.126 e. The molecule has 0 aliphatic heterocycles. The molecule has 0 spiro atoms. The third-order valence-electron chi connectivity index (χ3n) is 2.04. The van der Waals surface area contributed by atoms with Gasteiger partial charge >= 0.3 is 0 Å². The van der Waals surface area contributed by atoms with Gasteiger partial charge in [-0.3, -0.25) is 0 Å². The second kappa shape index (κ2) is 3.02. The minimum absolute atomic E-state index is 0.969. The fourth-order valence-corrected chi connectivity index (χ4v) is 1.22. The Morgan fingerprint density at radius 2 is 2.00 bits per heavy atom. The quantitative estimate of drug-likeness (QED) is 0.646. The van der Waals surface area contributed by atoms with Crippen molar-refractivity contribution in [3.05, 3.63) is 35.4 Å². The molecule has 0 unspecified atom stereocenters. The standard InChI is InChI=1S/C11H12O/c1-12-11-5-3-2-4-10(11)8-9-6-7-9/h2-5,8H,6-7H2,1H3. The first-order chi connectivity index (χ1) is 5.90. The average molecular weight is 160 g/mol. The average Bonchev–Trinajstić information content (AvgIpc) is 2.89. The van der Waals surface area contributed by atoms with Gasteiger partial charge in [0, 0.05) is 5.56 Å². The van der Waals surface area contributed by atoms with E-state index in [2.05, 4.69) is 12.1 Å². The number of methoxy groups -OCH3 is 1. The van der Waals surface area contributed by atoms with Crippen molar-refractivity contribution >= 4 is 6.08 Å². The summed E-state index contributed by atoms with van der Waals surface area (Å²) in [7, 11) is 1.71. The summed E-state index contributed by atoms with van der Waals surface area (Å²) in [4.78, 5) is 0. The minimum Gasteiger partial charge on any atom is -0.496 e. The van der Waals surface area contributed by atoms with Gasteiger partial charge in [0.15, 0.2) is 0 Å². The highest BCUT2D eigenvalue weighted by Gasteiger charge is 2.11. The van der Waals surface area contributed by atoms with E-state index in [1.54, 1.807) is 7.11 Å². The monoisotopic (exact) mass is 160 g/mol. The molecule has 0 N–H and O–H groups in total. The lowest BCUT2D eigenvalue weighted by molar-refractivity contribution is 0.414. The number of rotatable bonds is 2. The van der Waals surface area contributed by atoms with Gasteiger partial charge in [-0.05, 0) is 18.9 Å². The van der Waals surface area contributed by atoms with Crippen LogP contribution in [0.4, 0.5) is 0 Å². The molecule has 1 aromatic rings. The summed E-state index contributed by atoms with van der Waals surface area (Å²) in [6.45, 7) is 0. The highest BCUT2D eigenvalue weighted by atomic mass is 16.5. The van der Waals surface area contributed by atoms with Gasteiger partial charge in [0.2, 0.25) is 0 Å². The molecular formula is C11H12O. The van der Waals surface area contributed by atoms with Gasteiger partial charge in [0.1, 0.15) is 5.75 Å². The van der Waals surface area contributed by atoms with Crippen molar-refractivity contribution in [2.75, 3.05) is 7.11 Å². The van der Waals surface area contributed by atoms with Crippen LogP contribution in [0, 0.1) is 0 Å². The van der Waals surface area contributed by atoms with Crippen molar-refractivity contribution in [3.8, 4) is 5.75 Å². The van der Waals surface area contributed by atoms with E-state index < -0.39 is 0 Å². The fourth-order valence-electron chi connectivity index (χ4n) is 1.22. The summed E-state index contributed by atoms with van der Waals surface area (Å²) in [6, 6.07) is 8.12. The molecule has 0 bridgehead atoms. The topological polar surface area (TPSA) is 9.23 Å². The van der Waals surface area contributed by atoms with Crippen LogP contribution < -0.4 is 4.74 Å². The van der Waals surface area contributed by atoms with Crippen molar-refractivity contribution < 1.29 is 4.74 Å². The van der Waals surface area contributed by atoms with Gasteiger partial charge in [0.25, 0.3) is 0 Å². The predicted molar refractivity (Wildman–Crippen MR) is 50.2 cm³/mol. The number of hydrogen-bond acceptors (Lipinski definition) is 1. The van der Waals surface area contributed by atoms with Crippen LogP contribution in [0.5, 0.6) is 5.75 Å². The fraction of sp³-hybridized carbons (Fsp3) is 0.273. The SMILES string of the molecule is COc1ccccc1C=C1CC1. The Labute approximate surface area is 72.7 Å². The Morgan fingerprint density at radius 3 is 2.67 bits per heavy atom. The van der Waals surface area contributed by atoms with Crippen molar-refractivity contribution in [2.24, 2.45) is 0 Å². The maximum atomic E-state index is 5.23. The van der Waals surface area contributed by atoms with E-state index in [-0.39, 0.29) is 0 Å². The molecule has 0 atom stereocenters. The number of ether oxygens (including phenoxy) is 1. The molecule has 0 saturated heterocycles. The van der Waals surface area contributed by atoms with Crippen molar-refractivity contribution in [3.63, 3.8) is 0 Å². The van der Waals surface area contributed by atoms with Crippen molar-refractivity contribution in [2.45, 2.75) is 12.8 Å². The van der Waals surface area contributed by atoms with Crippen LogP contribution in [0.1, 0.15) is 18.4 Å². The van der Waals surface area contributed by atoms with Crippen LogP contribution in [0.3, 0.4) is 0 Å². The van der Waals surface area contributed by atoms with E-state index in [4.69, 9.17) is 4.74 Å². The molecule has 1 aliphatic carbocycles. The molecule has 0 heterocycles. The summed E-state index contributed by atoms with van der Waals surface area (Å²) in [6.07, 6.45) is 4.74. The molecule has 0 aromatic heterocycles. The van der Waals surface area contributed by atoms with Crippen LogP contribution >= 0.6 is 0 Å². The van der Waals surface area contributed by atoms with E-state index in [0.717, 1.165) is 5.75 Å². The first-order valence-corrected chi connectivity index (χ1v) is 4.22. The van der Waals surface area contributed by atoms with E-state index in [1.165, 1.54) is 24.0 Å². The molecule has 62 valence electrons. The lowest BCUT2D eigenvalue weighted by Crippen LogP contribution is -1.85. The third kappa shape index (κ3) is 1.50. The summed E-state index contributed by atoms with van der Waals surface area (Å²) < 4.78 is 5.23. The van der Waals surface area contributed by atoms with Crippen molar-refractivity contribution in [1.82, 2.24) is 0 Å². The van der Waals surface area contributed by atoms with Gasteiger partial charge in [0.05, 0.1) is 7.11 Å².